The van der Waals surface area contributed by atoms with E-state index in [1.165, 1.54) is 0 Å². The van der Waals surface area contributed by atoms with Crippen LogP contribution in [-0.4, -0.2) is 5.97 Å². The number of rotatable bonds is 4. The van der Waals surface area contributed by atoms with E-state index in [0.717, 1.165) is 21.2 Å². The summed E-state index contributed by atoms with van der Waals surface area (Å²) in [7, 11) is 0. The summed E-state index contributed by atoms with van der Waals surface area (Å²) in [5, 5.41) is 0. The molecule has 0 saturated carbocycles. The Kier molecular flexibility index (Phi) is 4.74. The molecule has 0 heterocycles. The van der Waals surface area contributed by atoms with E-state index in [1.54, 1.807) is 0 Å². The van der Waals surface area contributed by atoms with Crippen molar-refractivity contribution in [3.63, 3.8) is 0 Å². The van der Waals surface area contributed by atoms with Gasteiger partial charge in [-0.05, 0) is 35.7 Å². The zero-order valence-electron chi connectivity index (χ0n) is 10.7. The maximum absolute atomic E-state index is 11.8. The number of carbonyl (C=O) groups is 1. The molecule has 0 aliphatic heterocycles. The third-order valence-electron chi connectivity index (χ3n) is 2.88. The van der Waals surface area contributed by atoms with Gasteiger partial charge in [-0.1, -0.05) is 52.3 Å². The Bertz CT molecular complexity index is 564. The van der Waals surface area contributed by atoms with E-state index in [1.807, 2.05) is 55.5 Å². The van der Waals surface area contributed by atoms with Gasteiger partial charge in [-0.2, -0.15) is 0 Å². The van der Waals surface area contributed by atoms with Crippen molar-refractivity contribution in [1.29, 1.82) is 0 Å². The van der Waals surface area contributed by atoms with E-state index in [-0.39, 0.29) is 5.97 Å². The highest BCUT2D eigenvalue weighted by Crippen LogP contribution is 2.16. The van der Waals surface area contributed by atoms with Gasteiger partial charge in [0.05, 0.1) is 6.42 Å². The molecule has 0 aliphatic carbocycles. The topological polar surface area (TPSA) is 26.3 Å². The lowest BCUT2D eigenvalue weighted by Crippen LogP contribution is -2.08. The molecule has 98 valence electrons. The van der Waals surface area contributed by atoms with Gasteiger partial charge < -0.3 is 4.74 Å². The van der Waals surface area contributed by atoms with Gasteiger partial charge in [0.2, 0.25) is 0 Å². The van der Waals surface area contributed by atoms with E-state index in [9.17, 15) is 4.79 Å². The summed E-state index contributed by atoms with van der Waals surface area (Å²) in [4.78, 5) is 11.8. The third kappa shape index (κ3) is 4.21. The molecule has 0 amide bonds. The van der Waals surface area contributed by atoms with Gasteiger partial charge in [-0.3, -0.25) is 4.79 Å². The first kappa shape index (κ1) is 13.8. The van der Waals surface area contributed by atoms with Crippen molar-refractivity contribution >= 4 is 21.9 Å². The molecule has 0 atom stereocenters. The Morgan fingerprint density at radius 2 is 1.89 bits per heavy atom. The maximum atomic E-state index is 11.8. The molecule has 0 saturated heterocycles. The first-order chi connectivity index (χ1) is 9.15. The molecule has 2 aromatic rings. The molecule has 0 spiro atoms. The minimum Gasteiger partial charge on any atom is -0.461 e. The summed E-state index contributed by atoms with van der Waals surface area (Å²) in [6.07, 6.45) is 0.311. The van der Waals surface area contributed by atoms with Gasteiger partial charge in [0.1, 0.15) is 6.61 Å². The highest BCUT2D eigenvalue weighted by atomic mass is 79.9. The van der Waals surface area contributed by atoms with Crippen molar-refractivity contribution in [2.24, 2.45) is 0 Å². The van der Waals surface area contributed by atoms with Crippen LogP contribution in [0.25, 0.3) is 0 Å². The van der Waals surface area contributed by atoms with Gasteiger partial charge in [-0.15, -0.1) is 0 Å². The molecule has 0 radical (unpaired) electrons. The number of ether oxygens (including phenoxy) is 1. The number of hydrogen-bond donors (Lipinski definition) is 0. The second-order valence-corrected chi connectivity index (χ2v) is 5.31. The first-order valence-corrected chi connectivity index (χ1v) is 6.89. The number of esters is 1. The molecule has 2 nitrogen and oxygen atoms in total. The highest BCUT2D eigenvalue weighted by Gasteiger charge is 2.07. The normalized spacial score (nSPS) is 10.2. The summed E-state index contributed by atoms with van der Waals surface area (Å²) in [6, 6.07) is 15.6. The lowest BCUT2D eigenvalue weighted by molar-refractivity contribution is -0.144. The smallest absolute Gasteiger partial charge is 0.310 e. The van der Waals surface area contributed by atoms with Crippen molar-refractivity contribution in [1.82, 2.24) is 0 Å². The highest BCUT2D eigenvalue weighted by molar-refractivity contribution is 9.10. The molecule has 19 heavy (non-hydrogen) atoms. The van der Waals surface area contributed by atoms with Crippen LogP contribution in [0.3, 0.4) is 0 Å². The molecule has 0 aromatic heterocycles. The van der Waals surface area contributed by atoms with Crippen LogP contribution in [0.1, 0.15) is 16.7 Å². The van der Waals surface area contributed by atoms with Crippen LogP contribution in [0.15, 0.2) is 53.0 Å². The van der Waals surface area contributed by atoms with Crippen LogP contribution in [0.5, 0.6) is 0 Å². The van der Waals surface area contributed by atoms with Crippen molar-refractivity contribution in [3.8, 4) is 0 Å². The predicted molar refractivity (Wildman–Crippen MR) is 78.8 cm³/mol. The Balaban J connectivity index is 1.91. The summed E-state index contributed by atoms with van der Waals surface area (Å²) < 4.78 is 6.29. The average molecular weight is 319 g/mol. The van der Waals surface area contributed by atoms with E-state index in [4.69, 9.17) is 4.74 Å². The fourth-order valence-electron chi connectivity index (χ4n) is 1.80. The zero-order valence-corrected chi connectivity index (χ0v) is 12.3. The molecule has 0 N–H and O–H groups in total. The maximum Gasteiger partial charge on any atom is 0.310 e. The standard InChI is InChI=1S/C16H15BrO2/c1-12-9-15(17)8-7-14(12)10-16(18)19-11-13-5-3-2-4-6-13/h2-9H,10-11H2,1H3. The minimum absolute atomic E-state index is 0.200. The van der Waals surface area contributed by atoms with E-state index < -0.39 is 0 Å². The van der Waals surface area contributed by atoms with Crippen LogP contribution < -0.4 is 0 Å². The predicted octanol–water partition coefficient (Wildman–Crippen LogP) is 4.04. The largest absolute Gasteiger partial charge is 0.461 e. The lowest BCUT2D eigenvalue weighted by Gasteiger charge is -2.07. The Morgan fingerprint density at radius 1 is 1.16 bits per heavy atom. The van der Waals surface area contributed by atoms with Crippen molar-refractivity contribution in [2.75, 3.05) is 0 Å². The third-order valence-corrected chi connectivity index (χ3v) is 3.38. The monoisotopic (exact) mass is 318 g/mol. The van der Waals surface area contributed by atoms with E-state index >= 15 is 0 Å². The van der Waals surface area contributed by atoms with Crippen molar-refractivity contribution in [3.05, 3.63) is 69.7 Å². The molecule has 0 fully saturated rings. The van der Waals surface area contributed by atoms with Gasteiger partial charge >= 0.3 is 5.97 Å². The first-order valence-electron chi connectivity index (χ1n) is 6.10. The fourth-order valence-corrected chi connectivity index (χ4v) is 2.28. The Morgan fingerprint density at radius 3 is 2.58 bits per heavy atom. The number of hydrogen-bond acceptors (Lipinski definition) is 2. The molecule has 0 unspecified atom stereocenters. The molecule has 0 bridgehead atoms. The summed E-state index contributed by atoms with van der Waals surface area (Å²) in [6.45, 7) is 2.32. The quantitative estimate of drug-likeness (QED) is 0.795. The van der Waals surface area contributed by atoms with Gasteiger partial charge in [0, 0.05) is 4.47 Å². The van der Waals surface area contributed by atoms with Crippen molar-refractivity contribution < 1.29 is 9.53 Å². The Hall–Kier alpha value is -1.61. The molecule has 2 aromatic carbocycles. The van der Waals surface area contributed by atoms with Gasteiger partial charge in [0.15, 0.2) is 0 Å². The number of halogens is 1. The number of aryl methyl sites for hydroxylation is 1. The van der Waals surface area contributed by atoms with E-state index in [2.05, 4.69) is 15.9 Å². The van der Waals surface area contributed by atoms with Crippen LogP contribution in [0.4, 0.5) is 0 Å². The number of carbonyl (C=O) groups excluding carboxylic acids is 1. The fraction of sp³-hybridized carbons (Fsp3) is 0.188. The van der Waals surface area contributed by atoms with Gasteiger partial charge in [-0.25, -0.2) is 0 Å². The summed E-state index contributed by atoms with van der Waals surface area (Å²) in [5.41, 5.74) is 3.09. The second-order valence-electron chi connectivity index (χ2n) is 4.39. The zero-order chi connectivity index (χ0) is 13.7. The van der Waals surface area contributed by atoms with E-state index in [0.29, 0.717) is 13.0 Å². The molecule has 3 heteroatoms. The van der Waals surface area contributed by atoms with Crippen molar-refractivity contribution in [2.45, 2.75) is 20.0 Å². The summed E-state index contributed by atoms with van der Waals surface area (Å²) >= 11 is 3.41. The van der Waals surface area contributed by atoms with Gasteiger partial charge in [0.25, 0.3) is 0 Å². The minimum atomic E-state index is -0.200. The van der Waals surface area contributed by atoms with Crippen LogP contribution in [0.2, 0.25) is 0 Å². The summed E-state index contributed by atoms with van der Waals surface area (Å²) in [5.74, 6) is -0.200. The van der Waals surface area contributed by atoms with Crippen LogP contribution in [-0.2, 0) is 22.6 Å². The second kappa shape index (κ2) is 6.53. The van der Waals surface area contributed by atoms with Crippen LogP contribution >= 0.6 is 15.9 Å². The molecule has 2 rings (SSSR count). The molecule has 0 aliphatic rings. The average Bonchev–Trinajstić information content (AvgIpc) is 2.41. The molecular formula is C16H15BrO2. The number of benzene rings is 2. The SMILES string of the molecule is Cc1cc(Br)ccc1CC(=O)OCc1ccccc1. The van der Waals surface area contributed by atoms with Crippen LogP contribution in [0, 0.1) is 6.92 Å². The molecular weight excluding hydrogens is 304 g/mol. The Labute approximate surface area is 121 Å². The lowest BCUT2D eigenvalue weighted by atomic mass is 10.1.